The predicted octanol–water partition coefficient (Wildman–Crippen LogP) is 2.68. The fourth-order valence-corrected chi connectivity index (χ4v) is 3.07. The molecule has 3 aromatic rings. The number of nitriles is 1. The molecule has 4 heteroatoms. The molecule has 2 N–H and O–H groups in total. The van der Waals surface area contributed by atoms with Crippen molar-refractivity contribution in [2.24, 2.45) is 0 Å². The molecule has 0 aliphatic heterocycles. The van der Waals surface area contributed by atoms with Crippen molar-refractivity contribution < 1.29 is 5.11 Å². The first-order chi connectivity index (χ1) is 11.3. The van der Waals surface area contributed by atoms with Gasteiger partial charge in [-0.1, -0.05) is 36.4 Å². The van der Waals surface area contributed by atoms with Crippen LogP contribution in [0.25, 0.3) is 10.9 Å². The number of benzene rings is 2. The first-order valence-corrected chi connectivity index (χ1v) is 7.63. The third-order valence-electron chi connectivity index (χ3n) is 4.10. The minimum absolute atomic E-state index is 0.213. The number of nitrogens with zero attached hydrogens (tertiary/aromatic N) is 2. The molecule has 0 amide bonds. The molecule has 2 atom stereocenters. The largest absolute Gasteiger partial charge is 0.389 e. The highest BCUT2D eigenvalue weighted by Crippen LogP contribution is 2.29. The van der Waals surface area contributed by atoms with E-state index in [2.05, 4.69) is 11.4 Å². The van der Waals surface area contributed by atoms with Crippen molar-refractivity contribution >= 4 is 10.9 Å². The minimum atomic E-state index is -0.580. The number of hydrogen-bond donors (Lipinski definition) is 2. The van der Waals surface area contributed by atoms with Gasteiger partial charge in [-0.25, -0.2) is 0 Å². The smallest absolute Gasteiger partial charge is 0.0998 e. The van der Waals surface area contributed by atoms with E-state index in [1.54, 1.807) is 0 Å². The highest BCUT2D eigenvalue weighted by Gasteiger charge is 2.23. The zero-order valence-corrected chi connectivity index (χ0v) is 13.0. The van der Waals surface area contributed by atoms with Crippen molar-refractivity contribution in [2.75, 3.05) is 13.6 Å². The number of likely N-dealkylation sites (N-methyl/N-ethyl adjacent to an activating group) is 1. The Labute approximate surface area is 135 Å². The van der Waals surface area contributed by atoms with Crippen molar-refractivity contribution in [2.45, 2.75) is 12.1 Å². The summed E-state index contributed by atoms with van der Waals surface area (Å²) < 4.78 is 2.05. The summed E-state index contributed by atoms with van der Waals surface area (Å²) in [5.41, 5.74) is 2.64. The number of aliphatic hydroxyl groups excluding tert-OH is 1. The Kier molecular flexibility index (Phi) is 4.42. The van der Waals surface area contributed by atoms with Gasteiger partial charge in [-0.05, 0) is 30.8 Å². The maximum atomic E-state index is 10.7. The third-order valence-corrected chi connectivity index (χ3v) is 4.10. The van der Waals surface area contributed by atoms with Crippen LogP contribution in [0.15, 0.2) is 60.8 Å². The lowest BCUT2D eigenvalue weighted by Crippen LogP contribution is -2.33. The van der Waals surface area contributed by atoms with Crippen LogP contribution >= 0.6 is 0 Å². The van der Waals surface area contributed by atoms with E-state index in [0.717, 1.165) is 16.5 Å². The summed E-state index contributed by atoms with van der Waals surface area (Å²) in [5.74, 6) is 0. The van der Waals surface area contributed by atoms with E-state index in [-0.39, 0.29) is 6.04 Å². The lowest BCUT2D eigenvalue weighted by atomic mass is 10.0. The lowest BCUT2D eigenvalue weighted by molar-refractivity contribution is 0.132. The Hall–Kier alpha value is -2.61. The number of hydrogen-bond acceptors (Lipinski definition) is 3. The lowest BCUT2D eigenvalue weighted by Gasteiger charge is -2.26. The predicted molar refractivity (Wildman–Crippen MR) is 91.2 cm³/mol. The fraction of sp³-hybridized carbons (Fsp3) is 0.211. The standard InChI is InChI=1S/C19H19N3O/c1-21-13-18(23)19(14-6-3-2-4-7-14)22-11-10-16-15(12-20)8-5-9-17(16)22/h2-11,18-19,21,23H,13H2,1H3/t18-,19-/m0/s1. The third kappa shape index (κ3) is 2.85. The highest BCUT2D eigenvalue weighted by molar-refractivity contribution is 5.86. The van der Waals surface area contributed by atoms with E-state index in [0.29, 0.717) is 12.1 Å². The van der Waals surface area contributed by atoms with Gasteiger partial charge in [0.15, 0.2) is 0 Å². The summed E-state index contributed by atoms with van der Waals surface area (Å²) in [6.07, 6.45) is 1.37. The summed E-state index contributed by atoms with van der Waals surface area (Å²) in [6.45, 7) is 0.483. The Bertz CT molecular complexity index is 833. The number of nitrogens with one attached hydrogen (secondary N) is 1. The van der Waals surface area contributed by atoms with Crippen molar-refractivity contribution in [1.82, 2.24) is 9.88 Å². The average Bonchev–Trinajstić information content (AvgIpc) is 3.00. The minimum Gasteiger partial charge on any atom is -0.389 e. The molecule has 4 nitrogen and oxygen atoms in total. The van der Waals surface area contributed by atoms with Gasteiger partial charge in [0.2, 0.25) is 0 Å². The van der Waals surface area contributed by atoms with Crippen LogP contribution in [0.1, 0.15) is 17.2 Å². The maximum absolute atomic E-state index is 10.7. The van der Waals surface area contributed by atoms with Crippen LogP contribution in [0.3, 0.4) is 0 Å². The fourth-order valence-electron chi connectivity index (χ4n) is 3.07. The zero-order chi connectivity index (χ0) is 16.2. The molecule has 2 aromatic carbocycles. The second-order valence-electron chi connectivity index (χ2n) is 5.55. The normalized spacial score (nSPS) is 13.6. The molecule has 116 valence electrons. The Morgan fingerprint density at radius 3 is 2.61 bits per heavy atom. The van der Waals surface area contributed by atoms with Gasteiger partial charge >= 0.3 is 0 Å². The van der Waals surface area contributed by atoms with E-state index in [1.807, 2.05) is 72.4 Å². The molecule has 0 aliphatic rings. The molecular formula is C19H19N3O. The number of rotatable bonds is 5. The summed E-state index contributed by atoms with van der Waals surface area (Å²) in [5, 5.41) is 23.9. The van der Waals surface area contributed by atoms with Gasteiger partial charge in [-0.2, -0.15) is 5.26 Å². The molecule has 0 saturated heterocycles. The van der Waals surface area contributed by atoms with Gasteiger partial charge in [0.05, 0.1) is 23.8 Å². The molecule has 1 aromatic heterocycles. The molecule has 0 spiro atoms. The first kappa shape index (κ1) is 15.3. The Morgan fingerprint density at radius 1 is 1.13 bits per heavy atom. The van der Waals surface area contributed by atoms with Gasteiger partial charge in [0.25, 0.3) is 0 Å². The summed E-state index contributed by atoms with van der Waals surface area (Å²) in [6, 6.07) is 19.6. The van der Waals surface area contributed by atoms with E-state index in [1.165, 1.54) is 0 Å². The van der Waals surface area contributed by atoms with Crippen LogP contribution in [0.4, 0.5) is 0 Å². The topological polar surface area (TPSA) is 61.0 Å². The summed E-state index contributed by atoms with van der Waals surface area (Å²) in [7, 11) is 1.83. The molecule has 3 rings (SSSR count). The van der Waals surface area contributed by atoms with Crippen molar-refractivity contribution in [1.29, 1.82) is 5.26 Å². The SMILES string of the molecule is CNC[C@H](O)[C@H](c1ccccc1)n1ccc2c(C#N)cccc21. The van der Waals surface area contributed by atoms with Gasteiger partial charge in [-0.15, -0.1) is 0 Å². The second-order valence-corrected chi connectivity index (χ2v) is 5.55. The van der Waals surface area contributed by atoms with Crippen LogP contribution in [-0.2, 0) is 0 Å². The van der Waals surface area contributed by atoms with Gasteiger partial charge < -0.3 is 15.0 Å². The van der Waals surface area contributed by atoms with Crippen LogP contribution in [-0.4, -0.2) is 29.4 Å². The molecule has 0 aliphatic carbocycles. The van der Waals surface area contributed by atoms with Crippen molar-refractivity contribution in [3.8, 4) is 6.07 Å². The van der Waals surface area contributed by atoms with Crippen molar-refractivity contribution in [3.63, 3.8) is 0 Å². The number of fused-ring (bicyclic) bond motifs is 1. The summed E-state index contributed by atoms with van der Waals surface area (Å²) in [4.78, 5) is 0. The van der Waals surface area contributed by atoms with E-state index < -0.39 is 6.10 Å². The monoisotopic (exact) mass is 305 g/mol. The maximum Gasteiger partial charge on any atom is 0.0998 e. The highest BCUT2D eigenvalue weighted by atomic mass is 16.3. The molecule has 1 heterocycles. The molecule has 23 heavy (non-hydrogen) atoms. The van der Waals surface area contributed by atoms with Gasteiger partial charge in [0, 0.05) is 23.6 Å². The molecule has 0 fully saturated rings. The first-order valence-electron chi connectivity index (χ1n) is 7.63. The average molecular weight is 305 g/mol. The molecule has 0 radical (unpaired) electrons. The number of aromatic nitrogens is 1. The Morgan fingerprint density at radius 2 is 1.91 bits per heavy atom. The zero-order valence-electron chi connectivity index (χ0n) is 13.0. The van der Waals surface area contributed by atoms with Crippen LogP contribution in [0.5, 0.6) is 0 Å². The second kappa shape index (κ2) is 6.66. The summed E-state index contributed by atoms with van der Waals surface area (Å²) >= 11 is 0. The van der Waals surface area contributed by atoms with Crippen LogP contribution < -0.4 is 5.32 Å². The quantitative estimate of drug-likeness (QED) is 0.762. The van der Waals surface area contributed by atoms with E-state index in [9.17, 15) is 10.4 Å². The van der Waals surface area contributed by atoms with E-state index >= 15 is 0 Å². The molecular weight excluding hydrogens is 286 g/mol. The van der Waals surface area contributed by atoms with Gasteiger partial charge in [-0.3, -0.25) is 0 Å². The van der Waals surface area contributed by atoms with Crippen LogP contribution in [0, 0.1) is 11.3 Å². The Balaban J connectivity index is 2.16. The molecule has 0 bridgehead atoms. The number of aliphatic hydroxyl groups is 1. The van der Waals surface area contributed by atoms with Gasteiger partial charge in [0.1, 0.15) is 0 Å². The van der Waals surface area contributed by atoms with Crippen molar-refractivity contribution in [3.05, 3.63) is 71.9 Å². The molecule has 0 saturated carbocycles. The van der Waals surface area contributed by atoms with Crippen LogP contribution in [0.2, 0.25) is 0 Å². The molecule has 0 unspecified atom stereocenters. The van der Waals surface area contributed by atoms with E-state index in [4.69, 9.17) is 0 Å².